The summed E-state index contributed by atoms with van der Waals surface area (Å²) in [6.45, 7) is 3.60. The number of benzene rings is 1. The fraction of sp³-hybridized carbons (Fsp3) is 0.316. The van der Waals surface area contributed by atoms with Crippen molar-refractivity contribution in [3.63, 3.8) is 0 Å². The van der Waals surface area contributed by atoms with Crippen LogP contribution in [0.1, 0.15) is 15.9 Å². The molecule has 0 bridgehead atoms. The molecule has 8 heteroatoms. The van der Waals surface area contributed by atoms with E-state index in [9.17, 15) is 9.59 Å². The highest BCUT2D eigenvalue weighted by Crippen LogP contribution is 2.20. The number of hydrogen-bond donors (Lipinski definition) is 2. The lowest BCUT2D eigenvalue weighted by molar-refractivity contribution is -0.135. The Bertz CT molecular complexity index is 805. The molecule has 1 saturated heterocycles. The molecular weight excluding hydrogens is 368 g/mol. The molecule has 1 aromatic heterocycles. The molecule has 1 aliphatic rings. The first-order valence-corrected chi connectivity index (χ1v) is 9.07. The van der Waals surface area contributed by atoms with Crippen LogP contribution >= 0.6 is 11.6 Å². The summed E-state index contributed by atoms with van der Waals surface area (Å²) in [4.78, 5) is 31.7. The number of carbonyl (C=O) groups is 2. The van der Waals surface area contributed by atoms with Gasteiger partial charge in [-0.1, -0.05) is 23.7 Å². The summed E-state index contributed by atoms with van der Waals surface area (Å²) in [6, 6.07) is 11.2. The first-order chi connectivity index (χ1) is 13.0. The number of pyridine rings is 1. The maximum Gasteiger partial charge on any atom is 0.322 e. The van der Waals surface area contributed by atoms with Crippen molar-refractivity contribution in [3.8, 4) is 0 Å². The number of aromatic nitrogens is 1. The summed E-state index contributed by atoms with van der Waals surface area (Å²) >= 11 is 5.93. The summed E-state index contributed by atoms with van der Waals surface area (Å²) in [6.07, 6.45) is 1.64. The fourth-order valence-corrected chi connectivity index (χ4v) is 3.17. The van der Waals surface area contributed by atoms with Gasteiger partial charge in [-0.25, -0.2) is 4.98 Å². The first-order valence-electron chi connectivity index (χ1n) is 8.69. The molecule has 0 aliphatic carbocycles. The number of amides is 1. The molecule has 1 aromatic carbocycles. The van der Waals surface area contributed by atoms with Crippen LogP contribution in [-0.4, -0.2) is 59.6 Å². The Kier molecular flexibility index (Phi) is 6.26. The maximum atomic E-state index is 12.3. The van der Waals surface area contributed by atoms with E-state index in [0.29, 0.717) is 11.4 Å². The van der Waals surface area contributed by atoms with E-state index < -0.39 is 18.4 Å². The molecular formula is C19H21ClN4O3. The van der Waals surface area contributed by atoms with Crippen LogP contribution in [-0.2, 0) is 11.3 Å². The van der Waals surface area contributed by atoms with E-state index in [2.05, 4.69) is 20.1 Å². The molecule has 1 fully saturated rings. The summed E-state index contributed by atoms with van der Waals surface area (Å²) in [5, 5.41) is 11.9. The van der Waals surface area contributed by atoms with Crippen LogP contribution in [0.4, 0.5) is 5.82 Å². The lowest BCUT2D eigenvalue weighted by Gasteiger charge is -2.36. The average Bonchev–Trinajstić information content (AvgIpc) is 2.68. The molecule has 2 N–H and O–H groups in total. The number of hydrogen-bond acceptors (Lipinski definition) is 5. The van der Waals surface area contributed by atoms with Gasteiger partial charge in [-0.05, 0) is 29.8 Å². The molecule has 142 valence electrons. The van der Waals surface area contributed by atoms with Crippen LogP contribution in [0.15, 0.2) is 42.6 Å². The molecule has 0 radical (unpaired) electrons. The van der Waals surface area contributed by atoms with Gasteiger partial charge in [0.05, 0.1) is 5.56 Å². The van der Waals surface area contributed by atoms with Crippen LogP contribution in [0.2, 0.25) is 5.02 Å². The highest BCUT2D eigenvalue weighted by atomic mass is 35.5. The van der Waals surface area contributed by atoms with E-state index in [0.717, 1.165) is 37.7 Å². The number of carboxylic acids is 1. The highest BCUT2D eigenvalue weighted by molar-refractivity contribution is 6.30. The van der Waals surface area contributed by atoms with Crippen LogP contribution < -0.4 is 10.2 Å². The van der Waals surface area contributed by atoms with E-state index in [4.69, 9.17) is 16.7 Å². The van der Waals surface area contributed by atoms with Crippen LogP contribution in [0.3, 0.4) is 0 Å². The van der Waals surface area contributed by atoms with Crippen LogP contribution in [0.25, 0.3) is 0 Å². The molecule has 7 nitrogen and oxygen atoms in total. The normalized spacial score (nSPS) is 14.8. The van der Waals surface area contributed by atoms with Gasteiger partial charge in [0, 0.05) is 43.9 Å². The summed E-state index contributed by atoms with van der Waals surface area (Å²) in [7, 11) is 0. The second-order valence-corrected chi connectivity index (χ2v) is 6.78. The van der Waals surface area contributed by atoms with Gasteiger partial charge in [0.2, 0.25) is 0 Å². The van der Waals surface area contributed by atoms with Crippen molar-refractivity contribution in [1.29, 1.82) is 0 Å². The van der Waals surface area contributed by atoms with E-state index in [1.165, 1.54) is 5.56 Å². The van der Waals surface area contributed by atoms with Crippen LogP contribution in [0, 0.1) is 0 Å². The number of anilines is 1. The molecule has 0 spiro atoms. The molecule has 3 rings (SSSR count). The molecule has 0 unspecified atom stereocenters. The Labute approximate surface area is 162 Å². The predicted molar refractivity (Wildman–Crippen MR) is 103 cm³/mol. The number of aliphatic carboxylic acids is 1. The summed E-state index contributed by atoms with van der Waals surface area (Å²) in [5.41, 5.74) is 1.60. The smallest absolute Gasteiger partial charge is 0.322 e. The lowest BCUT2D eigenvalue weighted by Crippen LogP contribution is -2.47. The fourth-order valence-electron chi connectivity index (χ4n) is 3.04. The second kappa shape index (κ2) is 8.83. The number of nitrogens with one attached hydrogen (secondary N) is 1. The molecule has 0 atom stereocenters. The number of carboxylic acid groups (broad SMARTS) is 1. The Morgan fingerprint density at radius 3 is 2.48 bits per heavy atom. The minimum absolute atomic E-state index is 0.393. The van der Waals surface area contributed by atoms with Gasteiger partial charge in [-0.2, -0.15) is 0 Å². The largest absolute Gasteiger partial charge is 0.480 e. The molecule has 1 aliphatic heterocycles. The maximum absolute atomic E-state index is 12.3. The third-order valence-electron chi connectivity index (χ3n) is 4.42. The van der Waals surface area contributed by atoms with Crippen molar-refractivity contribution < 1.29 is 14.7 Å². The number of nitrogens with zero attached hydrogens (tertiary/aromatic N) is 3. The summed E-state index contributed by atoms with van der Waals surface area (Å²) in [5.74, 6) is -0.916. The van der Waals surface area contributed by atoms with Gasteiger partial charge in [-0.3, -0.25) is 14.5 Å². The van der Waals surface area contributed by atoms with Gasteiger partial charge in [0.15, 0.2) is 0 Å². The van der Waals surface area contributed by atoms with E-state index >= 15 is 0 Å². The Morgan fingerprint density at radius 2 is 1.81 bits per heavy atom. The van der Waals surface area contributed by atoms with Gasteiger partial charge in [0.25, 0.3) is 5.91 Å². The van der Waals surface area contributed by atoms with Gasteiger partial charge in [0.1, 0.15) is 12.4 Å². The minimum atomic E-state index is -1.08. The molecule has 2 aromatic rings. The van der Waals surface area contributed by atoms with E-state index in [-0.39, 0.29) is 0 Å². The highest BCUT2D eigenvalue weighted by Gasteiger charge is 2.22. The van der Waals surface area contributed by atoms with Gasteiger partial charge >= 0.3 is 5.97 Å². The zero-order valence-electron chi connectivity index (χ0n) is 14.8. The number of halogens is 1. The first kappa shape index (κ1) is 19.1. The molecule has 1 amide bonds. The third kappa shape index (κ3) is 5.18. The summed E-state index contributed by atoms with van der Waals surface area (Å²) < 4.78 is 0. The van der Waals surface area contributed by atoms with Crippen LogP contribution in [0.5, 0.6) is 0 Å². The average molecular weight is 389 g/mol. The predicted octanol–water partition coefficient (Wildman–Crippen LogP) is 1.87. The zero-order chi connectivity index (χ0) is 19.2. The Morgan fingerprint density at radius 1 is 1.11 bits per heavy atom. The van der Waals surface area contributed by atoms with E-state index in [1.807, 2.05) is 24.3 Å². The standard InChI is InChI=1S/C19H21ClN4O3/c20-15-5-3-14(4-6-15)13-23-8-10-24(11-9-23)18-16(2-1-7-21-18)19(27)22-12-17(25)26/h1-7H,8-13H2,(H,22,27)(H,25,26). The lowest BCUT2D eigenvalue weighted by atomic mass is 10.1. The molecule has 2 heterocycles. The van der Waals surface area contributed by atoms with Crippen molar-refractivity contribution in [3.05, 3.63) is 58.7 Å². The van der Waals surface area contributed by atoms with Crippen molar-refractivity contribution in [2.75, 3.05) is 37.6 Å². The monoisotopic (exact) mass is 388 g/mol. The molecule has 0 saturated carbocycles. The third-order valence-corrected chi connectivity index (χ3v) is 4.67. The Balaban J connectivity index is 1.61. The van der Waals surface area contributed by atoms with Crippen molar-refractivity contribution >= 4 is 29.3 Å². The topological polar surface area (TPSA) is 85.8 Å². The quantitative estimate of drug-likeness (QED) is 0.785. The van der Waals surface area contributed by atoms with Gasteiger partial charge < -0.3 is 15.3 Å². The molecule has 27 heavy (non-hydrogen) atoms. The number of rotatable bonds is 6. The Hall–Kier alpha value is -2.64. The minimum Gasteiger partial charge on any atom is -0.480 e. The zero-order valence-corrected chi connectivity index (χ0v) is 15.5. The van der Waals surface area contributed by atoms with Crippen molar-refractivity contribution in [2.24, 2.45) is 0 Å². The number of piperazine rings is 1. The van der Waals surface area contributed by atoms with Crippen molar-refractivity contribution in [2.45, 2.75) is 6.54 Å². The van der Waals surface area contributed by atoms with E-state index in [1.54, 1.807) is 18.3 Å². The SMILES string of the molecule is O=C(O)CNC(=O)c1cccnc1N1CCN(Cc2ccc(Cl)cc2)CC1. The number of carbonyl (C=O) groups excluding carboxylic acids is 1. The van der Waals surface area contributed by atoms with Crippen molar-refractivity contribution in [1.82, 2.24) is 15.2 Å². The second-order valence-electron chi connectivity index (χ2n) is 6.34. The van der Waals surface area contributed by atoms with Gasteiger partial charge in [-0.15, -0.1) is 0 Å².